The van der Waals surface area contributed by atoms with Crippen LogP contribution in [0.1, 0.15) is 15.9 Å². The van der Waals surface area contributed by atoms with Crippen LogP contribution in [-0.4, -0.2) is 63.8 Å². The van der Waals surface area contributed by atoms with Gasteiger partial charge < -0.3 is 14.4 Å². The molecule has 1 amide bonds. The van der Waals surface area contributed by atoms with E-state index >= 15 is 0 Å². The molecule has 1 saturated heterocycles. The van der Waals surface area contributed by atoms with Crippen molar-refractivity contribution >= 4 is 15.9 Å². The summed E-state index contributed by atoms with van der Waals surface area (Å²) in [6.07, 6.45) is -4.74. The molecule has 0 unspecified atom stereocenters. The molecule has 0 aromatic heterocycles. The fourth-order valence-corrected chi connectivity index (χ4v) is 3.91. The first-order valence-corrected chi connectivity index (χ1v) is 11.1. The zero-order chi connectivity index (χ0) is 23.5. The summed E-state index contributed by atoms with van der Waals surface area (Å²) in [5, 5.41) is 5.16. The van der Waals surface area contributed by atoms with E-state index in [1.54, 1.807) is 17.0 Å². The number of hydrogen-bond donors (Lipinski definition) is 1. The first-order chi connectivity index (χ1) is 15.0. The summed E-state index contributed by atoms with van der Waals surface area (Å²) < 4.78 is 69.1. The van der Waals surface area contributed by atoms with Gasteiger partial charge in [-0.15, -0.1) is 13.2 Å². The second kappa shape index (κ2) is 9.35. The van der Waals surface area contributed by atoms with E-state index in [1.807, 2.05) is 0 Å². The van der Waals surface area contributed by atoms with E-state index in [4.69, 9.17) is 9.88 Å². The Bertz CT molecular complexity index is 1070. The molecule has 1 aliphatic rings. The number of carbonyl (C=O) groups is 1. The van der Waals surface area contributed by atoms with Crippen LogP contribution in [0.25, 0.3) is 0 Å². The van der Waals surface area contributed by atoms with Crippen LogP contribution in [0.15, 0.2) is 47.4 Å². The van der Waals surface area contributed by atoms with Crippen molar-refractivity contribution in [2.75, 3.05) is 33.3 Å². The fourth-order valence-electron chi connectivity index (χ4n) is 3.37. The Kier molecular flexibility index (Phi) is 6.96. The number of benzene rings is 2. The number of ether oxygens (including phenoxy) is 2. The number of carbonyl (C=O) groups excluding carboxylic acids is 1. The molecule has 0 atom stereocenters. The van der Waals surface area contributed by atoms with Crippen LogP contribution < -0.4 is 14.6 Å². The number of nitrogens with zero attached hydrogens (tertiary/aromatic N) is 2. The SMILES string of the molecule is COc1ccc(S(N)(=O)=O)cc1C(=O)N1CCN(Cc2ccc(OC(F)(F)F)cc2)CC1. The Morgan fingerprint density at radius 2 is 1.69 bits per heavy atom. The lowest BCUT2D eigenvalue weighted by Crippen LogP contribution is -2.48. The first-order valence-electron chi connectivity index (χ1n) is 9.53. The van der Waals surface area contributed by atoms with E-state index < -0.39 is 16.4 Å². The van der Waals surface area contributed by atoms with Crippen LogP contribution in [0.2, 0.25) is 0 Å². The van der Waals surface area contributed by atoms with Gasteiger partial charge in [-0.05, 0) is 35.9 Å². The Labute approximate surface area is 183 Å². The highest BCUT2D eigenvalue weighted by molar-refractivity contribution is 7.89. The normalized spacial score (nSPS) is 15.5. The van der Waals surface area contributed by atoms with Crippen molar-refractivity contribution in [3.05, 3.63) is 53.6 Å². The van der Waals surface area contributed by atoms with E-state index in [1.165, 1.54) is 37.4 Å². The van der Waals surface area contributed by atoms with Crippen LogP contribution in [0.4, 0.5) is 13.2 Å². The number of piperazine rings is 1. The molecule has 12 heteroatoms. The second-order valence-corrected chi connectivity index (χ2v) is 8.73. The quantitative estimate of drug-likeness (QED) is 0.690. The number of hydrogen-bond acceptors (Lipinski definition) is 6. The van der Waals surface area contributed by atoms with Crippen molar-refractivity contribution in [1.82, 2.24) is 9.80 Å². The van der Waals surface area contributed by atoms with Gasteiger partial charge in [-0.3, -0.25) is 9.69 Å². The van der Waals surface area contributed by atoms with Crippen LogP contribution >= 0.6 is 0 Å². The molecule has 1 heterocycles. The Morgan fingerprint density at radius 3 is 2.22 bits per heavy atom. The van der Waals surface area contributed by atoms with Crippen LogP contribution in [-0.2, 0) is 16.6 Å². The molecule has 2 aromatic carbocycles. The van der Waals surface area contributed by atoms with Crippen molar-refractivity contribution < 1.29 is 35.9 Å². The zero-order valence-electron chi connectivity index (χ0n) is 17.1. The van der Waals surface area contributed by atoms with Crippen LogP contribution in [0, 0.1) is 0 Å². The number of halogens is 3. The topological polar surface area (TPSA) is 102 Å². The van der Waals surface area contributed by atoms with Crippen molar-refractivity contribution in [2.24, 2.45) is 5.14 Å². The van der Waals surface area contributed by atoms with Crippen molar-refractivity contribution in [3.8, 4) is 11.5 Å². The molecule has 0 radical (unpaired) electrons. The summed E-state index contributed by atoms with van der Waals surface area (Å²) in [6, 6.07) is 9.49. The zero-order valence-corrected chi connectivity index (χ0v) is 17.9. The molecule has 2 aromatic rings. The van der Waals surface area contributed by atoms with E-state index in [0.29, 0.717) is 32.7 Å². The average molecular weight is 473 g/mol. The van der Waals surface area contributed by atoms with Gasteiger partial charge in [0.05, 0.1) is 17.6 Å². The molecule has 0 bridgehead atoms. The summed E-state index contributed by atoms with van der Waals surface area (Å²) in [6.45, 7) is 2.33. The van der Waals surface area contributed by atoms with Crippen LogP contribution in [0.5, 0.6) is 11.5 Å². The van der Waals surface area contributed by atoms with E-state index in [0.717, 1.165) is 5.56 Å². The lowest BCUT2D eigenvalue weighted by atomic mass is 10.1. The highest BCUT2D eigenvalue weighted by atomic mass is 32.2. The number of rotatable bonds is 6. The molecular formula is C20H22F3N3O5S. The number of amides is 1. The maximum absolute atomic E-state index is 13.0. The van der Waals surface area contributed by atoms with E-state index in [-0.39, 0.29) is 27.9 Å². The molecular weight excluding hydrogens is 451 g/mol. The predicted octanol–water partition coefficient (Wildman–Crippen LogP) is 2.20. The molecule has 1 aliphatic heterocycles. The number of sulfonamides is 1. The number of alkyl halides is 3. The predicted molar refractivity (Wildman–Crippen MR) is 109 cm³/mol. The van der Waals surface area contributed by atoms with Gasteiger partial charge in [-0.2, -0.15) is 0 Å². The summed E-state index contributed by atoms with van der Waals surface area (Å²) in [7, 11) is -2.60. The minimum atomic E-state index is -4.74. The third-order valence-electron chi connectivity index (χ3n) is 4.95. The van der Waals surface area contributed by atoms with Gasteiger partial charge in [0.1, 0.15) is 11.5 Å². The average Bonchev–Trinajstić information content (AvgIpc) is 2.73. The lowest BCUT2D eigenvalue weighted by Gasteiger charge is -2.35. The minimum absolute atomic E-state index is 0.104. The standard InChI is InChI=1S/C20H22F3N3O5S/c1-30-18-7-6-16(32(24,28)29)12-17(18)19(27)26-10-8-25(9-11-26)13-14-2-4-15(5-3-14)31-20(21,22)23/h2-7,12H,8-11,13H2,1H3,(H2,24,28,29). The van der Waals surface area contributed by atoms with E-state index in [2.05, 4.69) is 9.64 Å². The third-order valence-corrected chi connectivity index (χ3v) is 5.86. The number of methoxy groups -OCH3 is 1. The molecule has 0 aliphatic carbocycles. The summed E-state index contributed by atoms with van der Waals surface area (Å²) >= 11 is 0. The highest BCUT2D eigenvalue weighted by Gasteiger charge is 2.31. The van der Waals surface area contributed by atoms with Gasteiger partial charge >= 0.3 is 6.36 Å². The molecule has 1 fully saturated rings. The molecule has 0 saturated carbocycles. The summed E-state index contributed by atoms with van der Waals surface area (Å²) in [5.41, 5.74) is 0.912. The fraction of sp³-hybridized carbons (Fsp3) is 0.350. The molecule has 32 heavy (non-hydrogen) atoms. The Hall–Kier alpha value is -2.83. The van der Waals surface area contributed by atoms with Gasteiger partial charge in [-0.1, -0.05) is 12.1 Å². The Morgan fingerprint density at radius 1 is 1.06 bits per heavy atom. The van der Waals surface area contributed by atoms with E-state index in [9.17, 15) is 26.4 Å². The molecule has 2 N–H and O–H groups in total. The van der Waals surface area contributed by atoms with Gasteiger partial charge in [-0.25, -0.2) is 13.6 Å². The summed E-state index contributed by atoms with van der Waals surface area (Å²) in [5.74, 6) is -0.418. The van der Waals surface area contributed by atoms with Gasteiger partial charge in [0.15, 0.2) is 0 Å². The van der Waals surface area contributed by atoms with Gasteiger partial charge in [0.25, 0.3) is 5.91 Å². The Balaban J connectivity index is 1.62. The first kappa shape index (κ1) is 23.8. The molecule has 0 spiro atoms. The molecule has 3 rings (SSSR count). The van der Waals surface area contributed by atoms with Crippen molar-refractivity contribution in [2.45, 2.75) is 17.8 Å². The second-order valence-electron chi connectivity index (χ2n) is 7.17. The van der Waals surface area contributed by atoms with Crippen LogP contribution in [0.3, 0.4) is 0 Å². The lowest BCUT2D eigenvalue weighted by molar-refractivity contribution is -0.274. The smallest absolute Gasteiger partial charge is 0.496 e. The minimum Gasteiger partial charge on any atom is -0.496 e. The maximum Gasteiger partial charge on any atom is 0.573 e. The number of nitrogens with two attached hydrogens (primary N) is 1. The third kappa shape index (κ3) is 6.11. The van der Waals surface area contributed by atoms with Gasteiger partial charge in [0.2, 0.25) is 10.0 Å². The maximum atomic E-state index is 13.0. The largest absolute Gasteiger partial charge is 0.573 e. The molecule has 8 nitrogen and oxygen atoms in total. The number of primary sulfonamides is 1. The monoisotopic (exact) mass is 473 g/mol. The summed E-state index contributed by atoms with van der Waals surface area (Å²) in [4.78, 5) is 16.4. The van der Waals surface area contributed by atoms with Crippen molar-refractivity contribution in [3.63, 3.8) is 0 Å². The molecule has 174 valence electrons. The highest BCUT2D eigenvalue weighted by Crippen LogP contribution is 2.25. The van der Waals surface area contributed by atoms with Gasteiger partial charge in [0, 0.05) is 32.7 Å². The van der Waals surface area contributed by atoms with Crippen molar-refractivity contribution in [1.29, 1.82) is 0 Å².